The molecule has 1 N–H and O–H groups in total. The van der Waals surface area contributed by atoms with Crippen molar-refractivity contribution in [2.24, 2.45) is 0 Å². The zero-order chi connectivity index (χ0) is 10.4. The number of anilines is 1. The average Bonchev–Trinajstić information content (AvgIpc) is 2.19. The number of rotatable bonds is 4. The van der Waals surface area contributed by atoms with E-state index in [9.17, 15) is 0 Å². The molecule has 0 aliphatic carbocycles. The second-order valence-electron chi connectivity index (χ2n) is 3.08. The molecule has 1 aromatic heterocycles. The fourth-order valence-electron chi connectivity index (χ4n) is 1.31. The van der Waals surface area contributed by atoms with Gasteiger partial charge in [-0.1, -0.05) is 12.0 Å². The molecule has 0 unspecified atom stereocenters. The highest BCUT2D eigenvalue weighted by Crippen LogP contribution is 2.14. The maximum atomic E-state index is 5.26. The first-order valence-corrected chi connectivity index (χ1v) is 4.52. The molecule has 74 valence electrons. The van der Waals surface area contributed by atoms with Crippen LogP contribution in [0.25, 0.3) is 0 Å². The first kappa shape index (κ1) is 10.6. The van der Waals surface area contributed by atoms with Gasteiger partial charge in [-0.25, -0.2) is 4.98 Å². The molecule has 1 rings (SSSR count). The molecule has 14 heavy (non-hydrogen) atoms. The van der Waals surface area contributed by atoms with Crippen LogP contribution in [0, 0.1) is 12.3 Å². The molecule has 3 heteroatoms. The predicted octanol–water partition coefficient (Wildman–Crippen LogP) is 0.870. The molecule has 0 aliphatic heterocycles. The van der Waals surface area contributed by atoms with E-state index in [4.69, 9.17) is 6.42 Å². The Morgan fingerprint density at radius 2 is 2.43 bits per heavy atom. The van der Waals surface area contributed by atoms with Gasteiger partial charge >= 0.3 is 0 Å². The molecule has 0 aliphatic rings. The van der Waals surface area contributed by atoms with Crippen molar-refractivity contribution in [3.8, 4) is 12.3 Å². The van der Waals surface area contributed by atoms with Gasteiger partial charge in [0.25, 0.3) is 0 Å². The van der Waals surface area contributed by atoms with Crippen molar-refractivity contribution in [1.82, 2.24) is 10.3 Å². The third kappa shape index (κ3) is 2.48. The number of terminal acetylenes is 1. The zero-order valence-electron chi connectivity index (χ0n) is 8.62. The maximum Gasteiger partial charge on any atom is 0.133 e. The number of nitrogens with one attached hydrogen (secondary N) is 1. The van der Waals surface area contributed by atoms with E-state index in [1.54, 1.807) is 6.20 Å². The summed E-state index contributed by atoms with van der Waals surface area (Å²) in [7, 11) is 3.86. The van der Waals surface area contributed by atoms with E-state index in [-0.39, 0.29) is 0 Å². The normalized spacial score (nSPS) is 9.50. The van der Waals surface area contributed by atoms with Crippen molar-refractivity contribution >= 4 is 5.82 Å². The second-order valence-corrected chi connectivity index (χ2v) is 3.08. The summed E-state index contributed by atoms with van der Waals surface area (Å²) in [5, 5.41) is 3.10. The summed E-state index contributed by atoms with van der Waals surface area (Å²) in [6.45, 7) is 1.38. The van der Waals surface area contributed by atoms with Crippen LogP contribution >= 0.6 is 0 Å². The van der Waals surface area contributed by atoms with Crippen LogP contribution in [0.1, 0.15) is 5.56 Å². The Morgan fingerprint density at radius 1 is 1.64 bits per heavy atom. The van der Waals surface area contributed by atoms with Gasteiger partial charge in [0.05, 0.1) is 6.54 Å². The summed E-state index contributed by atoms with van der Waals surface area (Å²) in [5.74, 6) is 3.55. The fraction of sp³-hybridized carbons (Fsp3) is 0.364. The summed E-state index contributed by atoms with van der Waals surface area (Å²) in [6, 6.07) is 3.98. The Bertz CT molecular complexity index is 328. The Kier molecular flexibility index (Phi) is 3.96. The summed E-state index contributed by atoms with van der Waals surface area (Å²) < 4.78 is 0. The van der Waals surface area contributed by atoms with Gasteiger partial charge in [-0.15, -0.1) is 6.42 Å². The molecule has 0 bridgehead atoms. The minimum absolute atomic E-state index is 0.577. The molecule has 1 heterocycles. The van der Waals surface area contributed by atoms with Crippen LogP contribution in [-0.4, -0.2) is 25.6 Å². The Balaban J connectivity index is 2.89. The van der Waals surface area contributed by atoms with Crippen molar-refractivity contribution in [3.05, 3.63) is 23.9 Å². The smallest absolute Gasteiger partial charge is 0.133 e. The van der Waals surface area contributed by atoms with E-state index in [0.717, 1.165) is 17.9 Å². The van der Waals surface area contributed by atoms with Gasteiger partial charge in [-0.2, -0.15) is 0 Å². The number of hydrogen-bond acceptors (Lipinski definition) is 3. The number of nitrogens with zero attached hydrogens (tertiary/aromatic N) is 2. The quantitative estimate of drug-likeness (QED) is 0.712. The first-order chi connectivity index (χ1) is 6.79. The molecule has 0 radical (unpaired) electrons. The van der Waals surface area contributed by atoms with Gasteiger partial charge in [-0.05, 0) is 13.1 Å². The van der Waals surface area contributed by atoms with Gasteiger partial charge in [0.1, 0.15) is 5.82 Å². The number of aromatic nitrogens is 1. The number of hydrogen-bond donors (Lipinski definition) is 1. The van der Waals surface area contributed by atoms with Crippen molar-refractivity contribution in [3.63, 3.8) is 0 Å². The highest BCUT2D eigenvalue weighted by atomic mass is 15.2. The average molecular weight is 189 g/mol. The van der Waals surface area contributed by atoms with Gasteiger partial charge in [-0.3, -0.25) is 0 Å². The highest BCUT2D eigenvalue weighted by Gasteiger charge is 2.05. The largest absolute Gasteiger partial charge is 0.348 e. The summed E-state index contributed by atoms with van der Waals surface area (Å²) in [5.41, 5.74) is 1.16. The van der Waals surface area contributed by atoms with Crippen LogP contribution in [0.15, 0.2) is 18.3 Å². The molecule has 0 saturated heterocycles. The monoisotopic (exact) mass is 189 g/mol. The maximum absolute atomic E-state index is 5.26. The topological polar surface area (TPSA) is 28.2 Å². The van der Waals surface area contributed by atoms with Crippen molar-refractivity contribution in [2.45, 2.75) is 6.54 Å². The lowest BCUT2D eigenvalue weighted by Crippen LogP contribution is -2.21. The zero-order valence-corrected chi connectivity index (χ0v) is 8.62. The van der Waals surface area contributed by atoms with Gasteiger partial charge < -0.3 is 10.2 Å². The lowest BCUT2D eigenvalue weighted by Gasteiger charge is -2.18. The van der Waals surface area contributed by atoms with Gasteiger partial charge in [0, 0.05) is 25.4 Å². The second kappa shape index (κ2) is 5.25. The van der Waals surface area contributed by atoms with Crippen LogP contribution < -0.4 is 10.2 Å². The van der Waals surface area contributed by atoms with E-state index in [2.05, 4.69) is 16.2 Å². The van der Waals surface area contributed by atoms with Crippen molar-refractivity contribution in [2.75, 3.05) is 25.5 Å². The van der Waals surface area contributed by atoms with Crippen LogP contribution in [0.5, 0.6) is 0 Å². The SMILES string of the molecule is C#CCN(C)c1ncccc1CNC. The molecule has 0 fully saturated rings. The molecule has 3 nitrogen and oxygen atoms in total. The lowest BCUT2D eigenvalue weighted by atomic mass is 10.2. The standard InChI is InChI=1S/C11H15N3/c1-4-8-14(3)11-10(9-12-2)6-5-7-13-11/h1,5-7,12H,8-9H2,2-3H3. The molecular weight excluding hydrogens is 174 g/mol. The summed E-state index contributed by atoms with van der Waals surface area (Å²) >= 11 is 0. The summed E-state index contributed by atoms with van der Waals surface area (Å²) in [4.78, 5) is 6.27. The van der Waals surface area contributed by atoms with E-state index >= 15 is 0 Å². The lowest BCUT2D eigenvalue weighted by molar-refractivity contribution is 0.805. The van der Waals surface area contributed by atoms with Crippen LogP contribution in [0.3, 0.4) is 0 Å². The Hall–Kier alpha value is -1.53. The van der Waals surface area contributed by atoms with Crippen LogP contribution in [-0.2, 0) is 6.54 Å². The minimum atomic E-state index is 0.577. The van der Waals surface area contributed by atoms with Gasteiger partial charge in [0.2, 0.25) is 0 Å². The van der Waals surface area contributed by atoms with Crippen molar-refractivity contribution in [1.29, 1.82) is 0 Å². The third-order valence-corrected chi connectivity index (χ3v) is 1.92. The van der Waals surface area contributed by atoms with Gasteiger partial charge in [0.15, 0.2) is 0 Å². The minimum Gasteiger partial charge on any atom is -0.348 e. The first-order valence-electron chi connectivity index (χ1n) is 4.52. The third-order valence-electron chi connectivity index (χ3n) is 1.92. The molecule has 0 atom stereocenters. The molecule has 0 aromatic carbocycles. The predicted molar refractivity (Wildman–Crippen MR) is 59.1 cm³/mol. The summed E-state index contributed by atoms with van der Waals surface area (Å²) in [6.07, 6.45) is 7.04. The molecule has 0 spiro atoms. The molecule has 0 saturated carbocycles. The van der Waals surface area contributed by atoms with E-state index in [1.807, 2.05) is 31.1 Å². The molecular formula is C11H15N3. The Labute approximate surface area is 85.1 Å². The van der Waals surface area contributed by atoms with Crippen LogP contribution in [0.4, 0.5) is 5.82 Å². The van der Waals surface area contributed by atoms with Crippen LogP contribution in [0.2, 0.25) is 0 Å². The van der Waals surface area contributed by atoms with E-state index in [1.165, 1.54) is 0 Å². The highest BCUT2D eigenvalue weighted by molar-refractivity contribution is 5.46. The van der Waals surface area contributed by atoms with E-state index in [0.29, 0.717) is 6.54 Å². The Morgan fingerprint density at radius 3 is 3.07 bits per heavy atom. The number of pyridine rings is 1. The van der Waals surface area contributed by atoms with Crippen molar-refractivity contribution < 1.29 is 0 Å². The fourth-order valence-corrected chi connectivity index (χ4v) is 1.31. The van der Waals surface area contributed by atoms with E-state index < -0.39 is 0 Å². The molecule has 1 aromatic rings. The molecule has 0 amide bonds.